The van der Waals surface area contributed by atoms with Crippen LogP contribution in [-0.2, 0) is 6.42 Å². The second kappa shape index (κ2) is 14.3. The molecule has 0 radical (unpaired) electrons. The van der Waals surface area contributed by atoms with Crippen LogP contribution in [0.5, 0.6) is 0 Å². The maximum atomic E-state index is 6.54. The fourth-order valence-electron chi connectivity index (χ4n) is 6.78. The molecule has 0 atom stereocenters. The van der Waals surface area contributed by atoms with Crippen molar-refractivity contribution in [3.8, 4) is 22.3 Å². The normalized spacial score (nSPS) is 12.0. The first-order valence-corrected chi connectivity index (χ1v) is 17.8. The summed E-state index contributed by atoms with van der Waals surface area (Å²) in [6.45, 7) is 4.00. The number of nitrogens with two attached hydrogens (primary N) is 1. The van der Waals surface area contributed by atoms with Gasteiger partial charge in [0, 0.05) is 32.7 Å². The van der Waals surface area contributed by atoms with E-state index in [1.807, 2.05) is 56.3 Å². The zero-order valence-corrected chi connectivity index (χ0v) is 29.2. The van der Waals surface area contributed by atoms with Crippen molar-refractivity contribution in [2.45, 2.75) is 20.3 Å². The van der Waals surface area contributed by atoms with Crippen molar-refractivity contribution < 1.29 is 8.83 Å². The number of benzene rings is 7. The van der Waals surface area contributed by atoms with Crippen molar-refractivity contribution in [1.29, 1.82) is 0 Å². The van der Waals surface area contributed by atoms with Gasteiger partial charge in [0.1, 0.15) is 17.0 Å². The maximum Gasteiger partial charge on any atom is 0.178 e. The third-order valence-electron chi connectivity index (χ3n) is 9.36. The molecule has 0 fully saturated rings. The first kappa shape index (κ1) is 32.5. The molecule has 2 aromatic heterocycles. The number of aliphatic imine (C=N–C) groups is 1. The molecule has 252 valence electrons. The van der Waals surface area contributed by atoms with E-state index in [-0.39, 0.29) is 0 Å². The van der Waals surface area contributed by atoms with Crippen molar-refractivity contribution in [1.82, 2.24) is 0 Å². The molecule has 0 aliphatic rings. The molecule has 0 spiro atoms. The summed E-state index contributed by atoms with van der Waals surface area (Å²) < 4.78 is 12.9. The fraction of sp³-hybridized carbons (Fsp3) is 0.0625. The number of allylic oxidation sites excluding steroid dienone is 1. The summed E-state index contributed by atoms with van der Waals surface area (Å²) in [6.07, 6.45) is 2.89. The Morgan fingerprint density at radius 1 is 0.500 bits per heavy atom. The number of hydrogen-bond donors (Lipinski definition) is 1. The minimum Gasteiger partial charge on any atom is -0.452 e. The summed E-state index contributed by atoms with van der Waals surface area (Å²) in [5.41, 5.74) is 18.2. The molecule has 0 unspecified atom stereocenters. The van der Waals surface area contributed by atoms with E-state index in [0.29, 0.717) is 5.84 Å². The summed E-state index contributed by atoms with van der Waals surface area (Å²) in [4.78, 5) is 4.95. The van der Waals surface area contributed by atoms with Crippen LogP contribution in [0, 0.1) is 0 Å². The second-order valence-electron chi connectivity index (χ2n) is 12.5. The molecule has 7 aromatic carbocycles. The SMILES string of the molecule is CC.NC(=N/C(=C\Cc1ccccc1)c1cccc(-c2ccc3oc4c(ccc5c6cc(-c7ccccc7)ccc6oc54)c3c2)c1)c1ccccc1. The first-order valence-electron chi connectivity index (χ1n) is 17.8. The smallest absolute Gasteiger partial charge is 0.178 e. The predicted molar refractivity (Wildman–Crippen MR) is 219 cm³/mol. The molecule has 0 aliphatic carbocycles. The Hall–Kier alpha value is -6.65. The molecule has 4 nitrogen and oxygen atoms in total. The molecular weight excluding hydrogens is 637 g/mol. The molecule has 2 N–H and O–H groups in total. The predicted octanol–water partition coefficient (Wildman–Crippen LogP) is 12.8. The number of furan rings is 2. The van der Waals surface area contributed by atoms with Gasteiger partial charge in [-0.1, -0.05) is 141 Å². The van der Waals surface area contributed by atoms with Gasteiger partial charge < -0.3 is 14.6 Å². The number of hydrogen-bond acceptors (Lipinski definition) is 3. The lowest BCUT2D eigenvalue weighted by Crippen LogP contribution is -2.13. The van der Waals surface area contributed by atoms with Gasteiger partial charge in [-0.25, -0.2) is 4.99 Å². The molecule has 0 amide bonds. The minimum absolute atomic E-state index is 0.481. The lowest BCUT2D eigenvalue weighted by Gasteiger charge is -2.09. The first-order chi connectivity index (χ1) is 25.7. The highest BCUT2D eigenvalue weighted by molar-refractivity contribution is 6.19. The van der Waals surface area contributed by atoms with Crippen molar-refractivity contribution in [3.05, 3.63) is 187 Å². The van der Waals surface area contributed by atoms with Gasteiger partial charge >= 0.3 is 0 Å². The van der Waals surface area contributed by atoms with Gasteiger partial charge in [0.05, 0.1) is 5.70 Å². The van der Waals surface area contributed by atoms with Gasteiger partial charge in [-0.05, 0) is 76.7 Å². The van der Waals surface area contributed by atoms with Gasteiger partial charge in [0.15, 0.2) is 11.2 Å². The van der Waals surface area contributed by atoms with Crippen LogP contribution in [0.1, 0.15) is 30.5 Å². The highest BCUT2D eigenvalue weighted by Crippen LogP contribution is 2.41. The van der Waals surface area contributed by atoms with Gasteiger partial charge in [-0.2, -0.15) is 0 Å². The van der Waals surface area contributed by atoms with Crippen molar-refractivity contribution in [2.24, 2.45) is 10.7 Å². The molecule has 2 heterocycles. The molecule has 0 saturated carbocycles. The largest absolute Gasteiger partial charge is 0.452 e. The minimum atomic E-state index is 0.481. The quantitative estimate of drug-likeness (QED) is 0.135. The number of fused-ring (bicyclic) bond motifs is 7. The van der Waals surface area contributed by atoms with Crippen LogP contribution < -0.4 is 5.73 Å². The molecular formula is C48H38N2O2. The summed E-state index contributed by atoms with van der Waals surface area (Å²) >= 11 is 0. The van der Waals surface area contributed by atoms with Gasteiger partial charge in [0.2, 0.25) is 0 Å². The average molecular weight is 675 g/mol. The van der Waals surface area contributed by atoms with E-state index in [9.17, 15) is 0 Å². The molecule has 0 bridgehead atoms. The summed E-state index contributed by atoms with van der Waals surface area (Å²) in [7, 11) is 0. The third kappa shape index (κ3) is 6.27. The van der Waals surface area contributed by atoms with E-state index in [1.165, 1.54) is 11.1 Å². The van der Waals surface area contributed by atoms with Crippen LogP contribution in [0.3, 0.4) is 0 Å². The van der Waals surface area contributed by atoms with Crippen LogP contribution >= 0.6 is 0 Å². The lowest BCUT2D eigenvalue weighted by atomic mass is 9.99. The topological polar surface area (TPSA) is 64.7 Å². The van der Waals surface area contributed by atoms with E-state index >= 15 is 0 Å². The zero-order chi connectivity index (χ0) is 35.4. The Morgan fingerprint density at radius 2 is 1.00 bits per heavy atom. The molecule has 0 saturated heterocycles. The Morgan fingerprint density at radius 3 is 1.62 bits per heavy atom. The van der Waals surface area contributed by atoms with Crippen molar-refractivity contribution >= 4 is 55.4 Å². The summed E-state index contributed by atoms with van der Waals surface area (Å²) in [6, 6.07) is 56.2. The molecule has 9 rings (SSSR count). The Balaban J connectivity index is 0.00000190. The number of amidine groups is 1. The van der Waals surface area contributed by atoms with E-state index in [4.69, 9.17) is 19.6 Å². The Kier molecular flexibility index (Phi) is 8.95. The fourth-order valence-corrected chi connectivity index (χ4v) is 6.78. The molecule has 9 aromatic rings. The average Bonchev–Trinajstić information content (AvgIpc) is 3.79. The zero-order valence-electron chi connectivity index (χ0n) is 29.2. The Labute approximate surface area is 303 Å². The van der Waals surface area contributed by atoms with Crippen molar-refractivity contribution in [2.75, 3.05) is 0 Å². The van der Waals surface area contributed by atoms with Crippen molar-refractivity contribution in [3.63, 3.8) is 0 Å². The van der Waals surface area contributed by atoms with Gasteiger partial charge in [-0.3, -0.25) is 0 Å². The van der Waals surface area contributed by atoms with Gasteiger partial charge in [-0.15, -0.1) is 0 Å². The van der Waals surface area contributed by atoms with Crippen LogP contribution in [0.15, 0.2) is 184 Å². The lowest BCUT2D eigenvalue weighted by molar-refractivity contribution is 0.633. The van der Waals surface area contributed by atoms with Gasteiger partial charge in [0.25, 0.3) is 0 Å². The number of nitrogens with zero attached hydrogens (tertiary/aromatic N) is 1. The third-order valence-corrected chi connectivity index (χ3v) is 9.36. The summed E-state index contributed by atoms with van der Waals surface area (Å²) in [5.74, 6) is 0.481. The van der Waals surface area contributed by atoms with Crippen LogP contribution in [0.2, 0.25) is 0 Å². The standard InChI is InChI=1S/C46H32N2O2.C2H6/c47-46(32-15-8-3-9-16-32)48-41(24-19-30-11-4-1-5-12-30)36-18-10-17-33(27-36)35-21-26-43-40(29-35)38-23-22-37-39-28-34(31-13-6-2-7-14-31)20-25-42(39)49-44(37)45(38)50-43;1-2/h1-18,20-29H,19H2,(H2,47,48);1-2H3/b41-24-;. The van der Waals surface area contributed by atoms with E-state index in [0.717, 1.165) is 83.8 Å². The van der Waals surface area contributed by atoms with Crippen LogP contribution in [-0.4, -0.2) is 5.84 Å². The van der Waals surface area contributed by atoms with Crippen LogP contribution in [0.4, 0.5) is 0 Å². The molecule has 4 heteroatoms. The van der Waals surface area contributed by atoms with E-state index in [1.54, 1.807) is 0 Å². The second-order valence-corrected chi connectivity index (χ2v) is 12.5. The highest BCUT2D eigenvalue weighted by Gasteiger charge is 2.17. The maximum absolute atomic E-state index is 6.54. The number of rotatable bonds is 7. The highest BCUT2D eigenvalue weighted by atomic mass is 16.4. The summed E-state index contributed by atoms with van der Waals surface area (Å²) in [5, 5.41) is 4.19. The molecule has 52 heavy (non-hydrogen) atoms. The Bertz CT molecular complexity index is 2720. The monoisotopic (exact) mass is 674 g/mol. The van der Waals surface area contributed by atoms with Crippen LogP contribution in [0.25, 0.3) is 71.8 Å². The van der Waals surface area contributed by atoms with E-state index < -0.39 is 0 Å². The van der Waals surface area contributed by atoms with E-state index in [2.05, 4.69) is 127 Å². The molecule has 0 aliphatic heterocycles.